The van der Waals surface area contributed by atoms with Crippen LogP contribution in [0.15, 0.2) is 6.08 Å². The van der Waals surface area contributed by atoms with E-state index in [2.05, 4.69) is 16.4 Å². The molecule has 1 heterocycles. The third kappa shape index (κ3) is 2.77. The Morgan fingerprint density at radius 1 is 1.64 bits per heavy atom. The minimum atomic E-state index is -4.61. The van der Waals surface area contributed by atoms with Crippen LogP contribution in [0.3, 0.4) is 0 Å². The molecule has 11 heavy (non-hydrogen) atoms. The van der Waals surface area contributed by atoms with Crippen LogP contribution >= 0.6 is 0 Å². The zero-order valence-corrected chi connectivity index (χ0v) is 5.64. The first-order valence-corrected chi connectivity index (χ1v) is 2.81. The zero-order chi connectivity index (χ0) is 8.48. The highest BCUT2D eigenvalue weighted by Gasteiger charge is 2.34. The second-order valence-electron chi connectivity index (χ2n) is 1.97. The maximum absolute atomic E-state index is 11.5. The van der Waals surface area contributed by atoms with Crippen molar-refractivity contribution in [2.45, 2.75) is 12.6 Å². The number of rotatable bonds is 1. The van der Waals surface area contributed by atoms with E-state index in [-0.39, 0.29) is 0 Å². The molecular formula is C5H6F3N2O. The van der Waals surface area contributed by atoms with Crippen LogP contribution in [0.2, 0.25) is 0 Å². The third-order valence-electron chi connectivity index (χ3n) is 1.00. The molecule has 1 radical (unpaired) electrons. The molecule has 3 nitrogen and oxygen atoms in total. The Morgan fingerprint density at radius 2 is 2.27 bits per heavy atom. The van der Waals surface area contributed by atoms with E-state index in [1.165, 1.54) is 12.1 Å². The van der Waals surface area contributed by atoms with E-state index >= 15 is 0 Å². The normalized spacial score (nSPS) is 24.7. The topological polar surface area (TPSA) is 24.5 Å². The predicted molar refractivity (Wildman–Crippen MR) is 29.6 cm³/mol. The van der Waals surface area contributed by atoms with Crippen molar-refractivity contribution in [1.82, 2.24) is 10.4 Å². The highest BCUT2D eigenvalue weighted by atomic mass is 19.4. The molecule has 0 aliphatic carbocycles. The molecule has 0 saturated carbocycles. The van der Waals surface area contributed by atoms with Crippen molar-refractivity contribution in [2.75, 3.05) is 7.05 Å². The van der Waals surface area contributed by atoms with Gasteiger partial charge in [0.1, 0.15) is 0 Å². The molecule has 1 aliphatic rings. The molecule has 6 heteroatoms. The van der Waals surface area contributed by atoms with Gasteiger partial charge in [0.15, 0.2) is 6.23 Å². The molecule has 1 unspecified atom stereocenters. The van der Waals surface area contributed by atoms with E-state index in [4.69, 9.17) is 0 Å². The Bertz CT molecular complexity index is 168. The summed E-state index contributed by atoms with van der Waals surface area (Å²) in [5.74, 6) is 0. The number of halogens is 3. The average Bonchev–Trinajstić information content (AvgIpc) is 2.10. The summed E-state index contributed by atoms with van der Waals surface area (Å²) >= 11 is 0. The van der Waals surface area contributed by atoms with Crippen molar-refractivity contribution in [1.29, 1.82) is 0 Å². The van der Waals surface area contributed by atoms with Crippen molar-refractivity contribution < 1.29 is 17.9 Å². The fourth-order valence-corrected chi connectivity index (χ4v) is 0.649. The highest BCUT2D eigenvalue weighted by molar-refractivity contribution is 4.86. The van der Waals surface area contributed by atoms with Gasteiger partial charge >= 0.3 is 6.36 Å². The second kappa shape index (κ2) is 2.71. The van der Waals surface area contributed by atoms with E-state index in [0.29, 0.717) is 0 Å². The SMILES string of the molecule is CN1[C]=CC(OC(F)(F)F)N1. The van der Waals surface area contributed by atoms with E-state index in [0.717, 1.165) is 6.08 Å². The number of nitrogens with zero attached hydrogens (tertiary/aromatic N) is 1. The molecule has 1 N–H and O–H groups in total. The van der Waals surface area contributed by atoms with Gasteiger partial charge in [0.25, 0.3) is 0 Å². The Hall–Kier alpha value is -0.750. The summed E-state index contributed by atoms with van der Waals surface area (Å²) < 4.78 is 38.1. The van der Waals surface area contributed by atoms with Crippen molar-refractivity contribution in [3.8, 4) is 0 Å². The van der Waals surface area contributed by atoms with Gasteiger partial charge in [-0.3, -0.25) is 4.74 Å². The fraction of sp³-hybridized carbons (Fsp3) is 0.600. The molecule has 0 bridgehead atoms. The van der Waals surface area contributed by atoms with Crippen molar-refractivity contribution >= 4 is 0 Å². The number of hydrogen-bond acceptors (Lipinski definition) is 3. The van der Waals surface area contributed by atoms with Gasteiger partial charge in [0.2, 0.25) is 0 Å². The van der Waals surface area contributed by atoms with Gasteiger partial charge in [-0.15, -0.1) is 13.2 Å². The summed E-state index contributed by atoms with van der Waals surface area (Å²) in [4.78, 5) is 0. The Balaban J connectivity index is 2.36. The predicted octanol–water partition coefficient (Wildman–Crippen LogP) is 0.616. The Kier molecular flexibility index (Phi) is 2.05. The van der Waals surface area contributed by atoms with Crippen LogP contribution < -0.4 is 5.43 Å². The van der Waals surface area contributed by atoms with Crippen LogP contribution in [0.25, 0.3) is 0 Å². The largest absolute Gasteiger partial charge is 0.524 e. The lowest BCUT2D eigenvalue weighted by Crippen LogP contribution is -2.37. The minimum absolute atomic E-state index is 1.15. The fourth-order valence-electron chi connectivity index (χ4n) is 0.649. The maximum atomic E-state index is 11.5. The van der Waals surface area contributed by atoms with Crippen molar-refractivity contribution in [3.05, 3.63) is 12.3 Å². The summed E-state index contributed by atoms with van der Waals surface area (Å²) in [7, 11) is 1.52. The summed E-state index contributed by atoms with van der Waals surface area (Å²) in [6.07, 6.45) is -2.15. The Morgan fingerprint density at radius 3 is 2.64 bits per heavy atom. The number of hydrazine groups is 1. The first kappa shape index (κ1) is 8.35. The monoisotopic (exact) mass is 167 g/mol. The molecule has 0 aromatic carbocycles. The molecule has 0 aromatic heterocycles. The number of alkyl halides is 3. The molecule has 0 amide bonds. The smallest absolute Gasteiger partial charge is 0.307 e. The van der Waals surface area contributed by atoms with Crippen LogP contribution in [0, 0.1) is 6.20 Å². The molecule has 0 saturated heterocycles. The lowest BCUT2D eigenvalue weighted by atomic mass is 10.6. The summed E-state index contributed by atoms with van der Waals surface area (Å²) in [6.45, 7) is 0. The molecule has 1 rings (SSSR count). The summed E-state index contributed by atoms with van der Waals surface area (Å²) in [5.41, 5.74) is 2.33. The zero-order valence-electron chi connectivity index (χ0n) is 5.64. The lowest BCUT2D eigenvalue weighted by Gasteiger charge is -2.15. The van der Waals surface area contributed by atoms with Crippen molar-refractivity contribution in [2.24, 2.45) is 0 Å². The quantitative estimate of drug-likeness (QED) is 0.619. The van der Waals surface area contributed by atoms with Gasteiger partial charge in [-0.1, -0.05) is 0 Å². The number of ether oxygens (including phenoxy) is 1. The Labute approximate surface area is 61.4 Å². The third-order valence-corrected chi connectivity index (χ3v) is 1.00. The van der Waals surface area contributed by atoms with Gasteiger partial charge in [-0.2, -0.15) is 0 Å². The molecule has 1 atom stereocenters. The van der Waals surface area contributed by atoms with Gasteiger partial charge < -0.3 is 5.01 Å². The van der Waals surface area contributed by atoms with Gasteiger partial charge in [-0.25, -0.2) is 5.43 Å². The van der Waals surface area contributed by atoms with E-state index < -0.39 is 12.6 Å². The van der Waals surface area contributed by atoms with E-state index in [9.17, 15) is 13.2 Å². The average molecular weight is 167 g/mol. The lowest BCUT2D eigenvalue weighted by molar-refractivity contribution is -0.341. The summed E-state index contributed by atoms with van der Waals surface area (Å²) in [6, 6.07) is 0. The molecule has 0 fully saturated rings. The van der Waals surface area contributed by atoms with Crippen LogP contribution in [-0.2, 0) is 4.74 Å². The molecule has 63 valence electrons. The van der Waals surface area contributed by atoms with Gasteiger partial charge in [0, 0.05) is 7.05 Å². The molecular weight excluding hydrogens is 161 g/mol. The van der Waals surface area contributed by atoms with Gasteiger partial charge in [-0.05, 0) is 6.08 Å². The minimum Gasteiger partial charge on any atom is -0.307 e. The van der Waals surface area contributed by atoms with Crippen LogP contribution in [-0.4, -0.2) is 24.6 Å². The number of nitrogens with one attached hydrogen (secondary N) is 1. The first-order valence-electron chi connectivity index (χ1n) is 2.81. The van der Waals surface area contributed by atoms with E-state index in [1.807, 2.05) is 0 Å². The van der Waals surface area contributed by atoms with Crippen LogP contribution in [0.1, 0.15) is 0 Å². The second-order valence-corrected chi connectivity index (χ2v) is 1.97. The standard InChI is InChI=1S/C5H6F3N2O/c1-10-3-2-4(9-10)11-5(6,7)8/h2,4,9H,1H3. The van der Waals surface area contributed by atoms with Crippen LogP contribution in [0.4, 0.5) is 13.2 Å². The number of hydrogen-bond donors (Lipinski definition) is 1. The first-order chi connectivity index (χ1) is 4.97. The molecule has 1 aliphatic heterocycles. The molecule has 0 spiro atoms. The van der Waals surface area contributed by atoms with Crippen LogP contribution in [0.5, 0.6) is 0 Å². The van der Waals surface area contributed by atoms with E-state index in [1.54, 1.807) is 0 Å². The molecule has 0 aromatic rings. The summed E-state index contributed by atoms with van der Waals surface area (Å²) in [5, 5.41) is 1.26. The maximum Gasteiger partial charge on any atom is 0.524 e. The highest BCUT2D eigenvalue weighted by Crippen LogP contribution is 2.19. The van der Waals surface area contributed by atoms with Crippen molar-refractivity contribution in [3.63, 3.8) is 0 Å². The van der Waals surface area contributed by atoms with Gasteiger partial charge in [0.05, 0.1) is 6.20 Å².